The molecule has 0 unspecified atom stereocenters. The molecule has 5 nitrogen and oxygen atoms in total. The number of para-hydroxylation sites is 2. The number of hydrogen-bond donors (Lipinski definition) is 2. The Labute approximate surface area is 156 Å². The lowest BCUT2D eigenvalue weighted by Crippen LogP contribution is -2.19. The first-order valence-corrected chi connectivity index (χ1v) is 9.13. The molecular formula is C20H19N3O2S. The highest BCUT2D eigenvalue weighted by atomic mass is 32.2. The highest BCUT2D eigenvalue weighted by molar-refractivity contribution is 8.00. The van der Waals surface area contributed by atoms with Crippen molar-refractivity contribution in [2.24, 2.45) is 5.10 Å². The first-order valence-electron chi connectivity index (χ1n) is 8.14. The molecule has 0 fully saturated rings. The van der Waals surface area contributed by atoms with Crippen LogP contribution < -0.4 is 5.43 Å². The van der Waals surface area contributed by atoms with E-state index in [-0.39, 0.29) is 17.4 Å². The predicted octanol–water partition coefficient (Wildman–Crippen LogP) is 3.80. The minimum atomic E-state index is -0.211. The van der Waals surface area contributed by atoms with Crippen LogP contribution >= 0.6 is 11.8 Å². The average Bonchev–Trinajstić information content (AvgIpc) is 2.62. The molecule has 0 aliphatic heterocycles. The third-order valence-corrected chi connectivity index (χ3v) is 4.88. The van der Waals surface area contributed by atoms with Gasteiger partial charge >= 0.3 is 0 Å². The summed E-state index contributed by atoms with van der Waals surface area (Å²) in [6.45, 7) is 3.98. The minimum absolute atomic E-state index is 0.119. The number of phenols is 1. The number of aromatic nitrogens is 1. The molecule has 1 aromatic heterocycles. The van der Waals surface area contributed by atoms with Crippen molar-refractivity contribution in [2.45, 2.75) is 18.7 Å². The van der Waals surface area contributed by atoms with Gasteiger partial charge in [-0.2, -0.15) is 5.10 Å². The molecule has 0 saturated heterocycles. The summed E-state index contributed by atoms with van der Waals surface area (Å²) >= 11 is 1.45. The topological polar surface area (TPSA) is 74.6 Å². The molecule has 0 radical (unpaired) electrons. The van der Waals surface area contributed by atoms with E-state index in [1.54, 1.807) is 24.3 Å². The van der Waals surface area contributed by atoms with Crippen LogP contribution in [-0.2, 0) is 4.79 Å². The molecule has 0 saturated carbocycles. The van der Waals surface area contributed by atoms with Crippen LogP contribution in [0.4, 0.5) is 0 Å². The summed E-state index contributed by atoms with van der Waals surface area (Å²) in [6.07, 6.45) is 1.42. The maximum Gasteiger partial charge on any atom is 0.250 e. The van der Waals surface area contributed by atoms with Crippen molar-refractivity contribution in [3.05, 3.63) is 65.4 Å². The summed E-state index contributed by atoms with van der Waals surface area (Å²) in [5.41, 5.74) is 6.04. The fourth-order valence-electron chi connectivity index (χ4n) is 2.55. The maximum atomic E-state index is 12.1. The smallest absolute Gasteiger partial charge is 0.250 e. The Morgan fingerprint density at radius 3 is 2.85 bits per heavy atom. The summed E-state index contributed by atoms with van der Waals surface area (Å²) < 4.78 is 0. The number of amides is 1. The summed E-state index contributed by atoms with van der Waals surface area (Å²) in [4.78, 5) is 17.7. The van der Waals surface area contributed by atoms with Gasteiger partial charge in [-0.25, -0.2) is 5.43 Å². The molecule has 0 spiro atoms. The van der Waals surface area contributed by atoms with Gasteiger partial charge in [-0.3, -0.25) is 9.78 Å². The number of nitrogens with one attached hydrogen (secondary N) is 1. The van der Waals surface area contributed by atoms with Crippen molar-refractivity contribution in [1.29, 1.82) is 0 Å². The van der Waals surface area contributed by atoms with Crippen LogP contribution in [0.1, 0.15) is 16.8 Å². The van der Waals surface area contributed by atoms with Crippen molar-refractivity contribution in [1.82, 2.24) is 10.4 Å². The number of aryl methyl sites for hydroxylation is 2. The Balaban J connectivity index is 1.66. The second-order valence-electron chi connectivity index (χ2n) is 5.87. The molecule has 0 atom stereocenters. The molecule has 2 N–H and O–H groups in total. The van der Waals surface area contributed by atoms with Crippen LogP contribution in [0.2, 0.25) is 0 Å². The molecule has 0 aliphatic carbocycles. The number of benzene rings is 2. The van der Waals surface area contributed by atoms with Gasteiger partial charge in [0.15, 0.2) is 0 Å². The lowest BCUT2D eigenvalue weighted by atomic mass is 10.1. The number of carbonyl (C=O) groups is 1. The highest BCUT2D eigenvalue weighted by Gasteiger charge is 2.09. The quantitative estimate of drug-likeness (QED) is 0.410. The third kappa shape index (κ3) is 4.21. The van der Waals surface area contributed by atoms with E-state index in [1.807, 2.05) is 38.1 Å². The number of phenolic OH excluding ortho intramolecular Hbond substituents is 1. The Bertz CT molecular complexity index is 986. The van der Waals surface area contributed by atoms with Gasteiger partial charge in [0.2, 0.25) is 5.91 Å². The summed E-state index contributed by atoms with van der Waals surface area (Å²) in [5, 5.41) is 14.6. The van der Waals surface area contributed by atoms with Crippen LogP contribution in [-0.4, -0.2) is 28.0 Å². The SMILES string of the molecule is Cc1cc(SCC(=O)NN=Cc2ccccc2O)c2cccc(C)c2n1. The van der Waals surface area contributed by atoms with Crippen molar-refractivity contribution >= 4 is 34.8 Å². The zero-order valence-corrected chi connectivity index (χ0v) is 15.4. The molecule has 3 rings (SSSR count). The first kappa shape index (κ1) is 17.9. The Hall–Kier alpha value is -2.86. The van der Waals surface area contributed by atoms with E-state index in [0.717, 1.165) is 27.1 Å². The summed E-state index contributed by atoms with van der Waals surface area (Å²) in [5.74, 6) is 0.149. The van der Waals surface area contributed by atoms with Crippen LogP contribution in [0.15, 0.2) is 58.5 Å². The lowest BCUT2D eigenvalue weighted by molar-refractivity contribution is -0.118. The zero-order valence-electron chi connectivity index (χ0n) is 14.6. The van der Waals surface area contributed by atoms with Gasteiger partial charge in [-0.1, -0.05) is 30.3 Å². The number of rotatable bonds is 5. The van der Waals surface area contributed by atoms with Crippen LogP contribution in [0.25, 0.3) is 10.9 Å². The Morgan fingerprint density at radius 1 is 1.23 bits per heavy atom. The standard InChI is InChI=1S/C20H19N3O2S/c1-13-6-5-8-16-18(10-14(2)22-20(13)16)26-12-19(25)23-21-11-15-7-3-4-9-17(15)24/h3-11,24H,12H2,1-2H3,(H,23,25). The fraction of sp³-hybridized carbons (Fsp3) is 0.150. The van der Waals surface area contributed by atoms with E-state index in [2.05, 4.69) is 15.5 Å². The number of hydrazone groups is 1. The maximum absolute atomic E-state index is 12.1. The Kier molecular flexibility index (Phi) is 5.53. The van der Waals surface area contributed by atoms with E-state index >= 15 is 0 Å². The third-order valence-electron chi connectivity index (χ3n) is 3.82. The molecule has 26 heavy (non-hydrogen) atoms. The van der Waals surface area contributed by atoms with E-state index in [0.29, 0.717) is 5.56 Å². The van der Waals surface area contributed by atoms with Gasteiger partial charge in [0.25, 0.3) is 0 Å². The van der Waals surface area contributed by atoms with E-state index in [9.17, 15) is 9.90 Å². The highest BCUT2D eigenvalue weighted by Crippen LogP contribution is 2.29. The van der Waals surface area contributed by atoms with E-state index < -0.39 is 0 Å². The number of nitrogens with zero attached hydrogens (tertiary/aromatic N) is 2. The Morgan fingerprint density at radius 2 is 2.04 bits per heavy atom. The van der Waals surface area contributed by atoms with Crippen LogP contribution in [0.5, 0.6) is 5.75 Å². The number of thioether (sulfide) groups is 1. The molecule has 1 heterocycles. The van der Waals surface area contributed by atoms with E-state index in [4.69, 9.17) is 0 Å². The number of fused-ring (bicyclic) bond motifs is 1. The summed E-state index contributed by atoms with van der Waals surface area (Å²) in [7, 11) is 0. The average molecular weight is 365 g/mol. The molecule has 6 heteroatoms. The van der Waals surface area contributed by atoms with Crippen molar-refractivity contribution in [2.75, 3.05) is 5.75 Å². The molecule has 132 valence electrons. The number of pyridine rings is 1. The van der Waals surface area contributed by atoms with E-state index in [1.165, 1.54) is 18.0 Å². The molecule has 2 aromatic carbocycles. The molecule has 0 aliphatic rings. The van der Waals surface area contributed by atoms with Crippen molar-refractivity contribution < 1.29 is 9.90 Å². The van der Waals surface area contributed by atoms with Crippen LogP contribution in [0, 0.1) is 13.8 Å². The predicted molar refractivity (Wildman–Crippen MR) is 106 cm³/mol. The number of carbonyl (C=O) groups excluding carboxylic acids is 1. The normalized spacial score (nSPS) is 11.2. The number of aromatic hydroxyl groups is 1. The van der Waals surface area contributed by atoms with Crippen LogP contribution in [0.3, 0.4) is 0 Å². The van der Waals surface area contributed by atoms with Crippen molar-refractivity contribution in [3.63, 3.8) is 0 Å². The molecule has 0 bridgehead atoms. The minimum Gasteiger partial charge on any atom is -0.507 e. The van der Waals surface area contributed by atoms with Gasteiger partial charge in [-0.05, 0) is 37.6 Å². The van der Waals surface area contributed by atoms with Gasteiger partial charge in [0.05, 0.1) is 17.5 Å². The fourth-order valence-corrected chi connectivity index (χ4v) is 3.47. The number of hydrogen-bond acceptors (Lipinski definition) is 5. The first-order chi connectivity index (χ1) is 12.5. The van der Waals surface area contributed by atoms with Gasteiger partial charge < -0.3 is 5.11 Å². The zero-order chi connectivity index (χ0) is 18.5. The van der Waals surface area contributed by atoms with Gasteiger partial charge in [-0.15, -0.1) is 11.8 Å². The monoisotopic (exact) mass is 365 g/mol. The second-order valence-corrected chi connectivity index (χ2v) is 6.89. The summed E-state index contributed by atoms with van der Waals surface area (Å²) in [6, 6.07) is 14.8. The van der Waals surface area contributed by atoms with Gasteiger partial charge in [0, 0.05) is 21.5 Å². The van der Waals surface area contributed by atoms with Crippen molar-refractivity contribution in [3.8, 4) is 5.75 Å². The lowest BCUT2D eigenvalue weighted by Gasteiger charge is -2.09. The molecule has 1 amide bonds. The molecule has 3 aromatic rings. The van der Waals surface area contributed by atoms with Gasteiger partial charge in [0.1, 0.15) is 5.75 Å². The second kappa shape index (κ2) is 8.01. The largest absolute Gasteiger partial charge is 0.507 e. The molecular weight excluding hydrogens is 346 g/mol.